The maximum atomic E-state index is 13.1. The summed E-state index contributed by atoms with van der Waals surface area (Å²) in [5.74, 6) is -5.00. The van der Waals surface area contributed by atoms with Crippen LogP contribution in [0.3, 0.4) is 0 Å². The second kappa shape index (κ2) is 7.25. The van der Waals surface area contributed by atoms with Gasteiger partial charge in [-0.25, -0.2) is 8.78 Å². The number of ketones is 1. The summed E-state index contributed by atoms with van der Waals surface area (Å²) in [5, 5.41) is 1.68. The molecule has 1 amide bonds. The van der Waals surface area contributed by atoms with Gasteiger partial charge in [0.1, 0.15) is 0 Å². The topological polar surface area (TPSA) is 46.2 Å². The molecule has 0 atom stereocenters. The molecule has 1 N–H and O–H groups in total. The highest BCUT2D eigenvalue weighted by Crippen LogP contribution is 2.19. The Morgan fingerprint density at radius 3 is 2.32 bits per heavy atom. The standard InChI is InChI=1S/C17H10F5NO2/c18-13-6-5-11(9-14(13)19)15(24)7-4-10-2-1-3-12(8-10)23-16(25)17(20,21)22/h1-9H,(H,23,25)/b7-4+. The van der Waals surface area contributed by atoms with E-state index < -0.39 is 29.5 Å². The predicted molar refractivity (Wildman–Crippen MR) is 80.8 cm³/mol. The van der Waals surface area contributed by atoms with E-state index in [4.69, 9.17) is 0 Å². The fourth-order valence-corrected chi connectivity index (χ4v) is 1.84. The van der Waals surface area contributed by atoms with Crippen LogP contribution in [0.15, 0.2) is 48.5 Å². The van der Waals surface area contributed by atoms with Gasteiger partial charge >= 0.3 is 12.1 Å². The zero-order valence-corrected chi connectivity index (χ0v) is 12.4. The summed E-state index contributed by atoms with van der Waals surface area (Å²) in [4.78, 5) is 22.8. The fraction of sp³-hybridized carbons (Fsp3) is 0.0588. The Morgan fingerprint density at radius 2 is 1.68 bits per heavy atom. The Morgan fingerprint density at radius 1 is 0.960 bits per heavy atom. The third-order valence-corrected chi connectivity index (χ3v) is 3.03. The average Bonchev–Trinajstić information content (AvgIpc) is 2.54. The molecule has 0 aliphatic rings. The second-order valence-corrected chi connectivity index (χ2v) is 4.90. The van der Waals surface area contributed by atoms with Gasteiger partial charge in [0, 0.05) is 11.3 Å². The molecule has 8 heteroatoms. The first-order chi connectivity index (χ1) is 11.7. The number of allylic oxidation sites excluding steroid dienone is 1. The molecule has 0 aliphatic carbocycles. The van der Waals surface area contributed by atoms with Gasteiger partial charge < -0.3 is 5.32 Å². The molecule has 0 saturated carbocycles. The molecular weight excluding hydrogens is 345 g/mol. The van der Waals surface area contributed by atoms with Crippen LogP contribution in [0, 0.1) is 11.6 Å². The number of amides is 1. The van der Waals surface area contributed by atoms with Gasteiger partial charge in [0.05, 0.1) is 0 Å². The van der Waals surface area contributed by atoms with Gasteiger partial charge in [-0.1, -0.05) is 18.2 Å². The monoisotopic (exact) mass is 355 g/mol. The third-order valence-electron chi connectivity index (χ3n) is 3.03. The van der Waals surface area contributed by atoms with Crippen molar-refractivity contribution in [2.24, 2.45) is 0 Å². The van der Waals surface area contributed by atoms with Crippen molar-refractivity contribution in [1.82, 2.24) is 0 Å². The number of carbonyl (C=O) groups excluding carboxylic acids is 2. The lowest BCUT2D eigenvalue weighted by Crippen LogP contribution is -2.29. The summed E-state index contributed by atoms with van der Waals surface area (Å²) >= 11 is 0. The van der Waals surface area contributed by atoms with Crippen molar-refractivity contribution >= 4 is 23.5 Å². The van der Waals surface area contributed by atoms with Crippen LogP contribution in [0.25, 0.3) is 6.08 Å². The molecule has 0 saturated heterocycles. The normalized spacial score (nSPS) is 11.6. The van der Waals surface area contributed by atoms with Crippen molar-refractivity contribution in [3.05, 3.63) is 71.3 Å². The number of halogens is 5. The SMILES string of the molecule is O=C(/C=C/c1cccc(NC(=O)C(F)(F)F)c1)c1ccc(F)c(F)c1. The quantitative estimate of drug-likeness (QED) is 0.503. The van der Waals surface area contributed by atoms with E-state index in [0.29, 0.717) is 5.56 Å². The minimum Gasteiger partial charge on any atom is -0.318 e. The first-order valence-corrected chi connectivity index (χ1v) is 6.82. The summed E-state index contributed by atoms with van der Waals surface area (Å²) < 4.78 is 62.5. The number of hydrogen-bond acceptors (Lipinski definition) is 2. The summed E-state index contributed by atoms with van der Waals surface area (Å²) in [6.07, 6.45) is -2.70. The van der Waals surface area contributed by atoms with Gasteiger partial charge in [-0.2, -0.15) is 13.2 Å². The molecule has 2 aromatic rings. The number of nitrogens with one attached hydrogen (secondary N) is 1. The Kier molecular flexibility index (Phi) is 5.31. The Balaban J connectivity index is 2.13. The van der Waals surface area contributed by atoms with Crippen LogP contribution in [0.5, 0.6) is 0 Å². The lowest BCUT2D eigenvalue weighted by molar-refractivity contribution is -0.167. The minimum absolute atomic E-state index is 0.0864. The van der Waals surface area contributed by atoms with E-state index >= 15 is 0 Å². The molecule has 0 aliphatic heterocycles. The number of anilines is 1. The first kappa shape index (κ1) is 18.3. The molecule has 3 nitrogen and oxygen atoms in total. The smallest absolute Gasteiger partial charge is 0.318 e. The van der Waals surface area contributed by atoms with Gasteiger partial charge in [0.25, 0.3) is 0 Å². The van der Waals surface area contributed by atoms with Crippen LogP contribution in [0.2, 0.25) is 0 Å². The molecule has 0 spiro atoms. The molecule has 0 fully saturated rings. The molecule has 25 heavy (non-hydrogen) atoms. The van der Waals surface area contributed by atoms with Crippen LogP contribution in [-0.4, -0.2) is 17.9 Å². The first-order valence-electron chi connectivity index (χ1n) is 6.82. The molecule has 2 aromatic carbocycles. The van der Waals surface area contributed by atoms with Crippen LogP contribution in [0.1, 0.15) is 15.9 Å². The second-order valence-electron chi connectivity index (χ2n) is 4.90. The van der Waals surface area contributed by atoms with Gasteiger partial charge in [0.15, 0.2) is 17.4 Å². The van der Waals surface area contributed by atoms with Crippen molar-refractivity contribution < 1.29 is 31.5 Å². The lowest BCUT2D eigenvalue weighted by Gasteiger charge is -2.08. The third kappa shape index (κ3) is 4.97. The Bertz CT molecular complexity index is 843. The molecule has 0 heterocycles. The number of rotatable bonds is 4. The van der Waals surface area contributed by atoms with Crippen molar-refractivity contribution in [3.8, 4) is 0 Å². The molecule has 0 unspecified atom stereocenters. The summed E-state index contributed by atoms with van der Waals surface area (Å²) in [6.45, 7) is 0. The molecular formula is C17H10F5NO2. The van der Waals surface area contributed by atoms with Crippen LogP contribution >= 0.6 is 0 Å². The average molecular weight is 355 g/mol. The zero-order chi connectivity index (χ0) is 18.6. The molecule has 130 valence electrons. The predicted octanol–water partition coefficient (Wildman–Crippen LogP) is 4.36. The van der Waals surface area contributed by atoms with Crippen molar-refractivity contribution in [2.45, 2.75) is 6.18 Å². The summed E-state index contributed by atoms with van der Waals surface area (Å²) in [6, 6.07) is 7.99. The maximum absolute atomic E-state index is 13.1. The molecule has 0 radical (unpaired) electrons. The van der Waals surface area contributed by atoms with Gasteiger partial charge in [-0.15, -0.1) is 0 Å². The van der Waals surface area contributed by atoms with Gasteiger partial charge in [-0.05, 0) is 42.0 Å². The van der Waals surface area contributed by atoms with Crippen LogP contribution in [-0.2, 0) is 4.79 Å². The summed E-state index contributed by atoms with van der Waals surface area (Å²) in [5.41, 5.74) is 0.136. The highest BCUT2D eigenvalue weighted by Gasteiger charge is 2.38. The van der Waals surface area contributed by atoms with Crippen molar-refractivity contribution in [1.29, 1.82) is 0 Å². The fourth-order valence-electron chi connectivity index (χ4n) is 1.84. The largest absolute Gasteiger partial charge is 0.471 e. The maximum Gasteiger partial charge on any atom is 0.471 e. The molecule has 2 rings (SSSR count). The summed E-state index contributed by atoms with van der Waals surface area (Å²) in [7, 11) is 0. The van der Waals surface area contributed by atoms with Crippen LogP contribution < -0.4 is 5.32 Å². The van der Waals surface area contributed by atoms with Crippen molar-refractivity contribution in [3.63, 3.8) is 0 Å². The highest BCUT2D eigenvalue weighted by atomic mass is 19.4. The van der Waals surface area contributed by atoms with Crippen molar-refractivity contribution in [2.75, 3.05) is 5.32 Å². The number of carbonyl (C=O) groups is 2. The number of benzene rings is 2. The van der Waals surface area contributed by atoms with E-state index in [0.717, 1.165) is 24.3 Å². The zero-order valence-electron chi connectivity index (χ0n) is 12.4. The Labute approximate surface area is 138 Å². The molecule has 0 bridgehead atoms. The Hall–Kier alpha value is -3.03. The van der Waals surface area contributed by atoms with E-state index in [2.05, 4.69) is 0 Å². The molecule has 0 aromatic heterocycles. The van der Waals surface area contributed by atoms with Gasteiger partial charge in [-0.3, -0.25) is 9.59 Å². The highest BCUT2D eigenvalue weighted by molar-refractivity contribution is 6.06. The van der Waals surface area contributed by atoms with Gasteiger partial charge in [0.2, 0.25) is 0 Å². The number of hydrogen-bond donors (Lipinski definition) is 1. The van der Waals surface area contributed by atoms with E-state index in [1.165, 1.54) is 30.3 Å². The lowest BCUT2D eigenvalue weighted by atomic mass is 10.1. The minimum atomic E-state index is -5.02. The van der Waals surface area contributed by atoms with Crippen LogP contribution in [0.4, 0.5) is 27.6 Å². The van der Waals surface area contributed by atoms with E-state index in [1.54, 1.807) is 5.32 Å². The number of alkyl halides is 3. The van der Waals surface area contributed by atoms with E-state index in [1.807, 2.05) is 0 Å². The van der Waals surface area contributed by atoms with E-state index in [9.17, 15) is 31.5 Å². The van der Waals surface area contributed by atoms with E-state index in [-0.39, 0.29) is 11.3 Å².